The molecule has 0 spiro atoms. The van der Waals surface area contributed by atoms with Gasteiger partial charge in [0.25, 0.3) is 0 Å². The van der Waals surface area contributed by atoms with Gasteiger partial charge in [-0.25, -0.2) is 9.97 Å². The van der Waals surface area contributed by atoms with E-state index in [-0.39, 0.29) is 0 Å². The molecule has 0 aliphatic heterocycles. The van der Waals surface area contributed by atoms with Crippen molar-refractivity contribution in [1.82, 2.24) is 19.9 Å². The molecule has 0 saturated heterocycles. The number of ether oxygens (including phenoxy) is 1. The van der Waals surface area contributed by atoms with Crippen molar-refractivity contribution in [1.29, 1.82) is 0 Å². The number of hydrogen-bond acceptors (Lipinski definition) is 7. The number of anilines is 1. The fraction of sp³-hybridized carbons (Fsp3) is 0.333. The topological polar surface area (TPSA) is 72.8 Å². The first-order valence-corrected chi connectivity index (χ1v) is 11.6. The highest BCUT2D eigenvalue weighted by Crippen LogP contribution is 2.33. The van der Waals surface area contributed by atoms with Crippen LogP contribution in [0.5, 0.6) is 11.6 Å². The van der Waals surface area contributed by atoms with E-state index >= 15 is 0 Å². The summed E-state index contributed by atoms with van der Waals surface area (Å²) in [6, 6.07) is 11.9. The fourth-order valence-corrected chi connectivity index (χ4v) is 5.13. The smallest absolute Gasteiger partial charge is 0.222 e. The first-order chi connectivity index (χ1) is 15.2. The summed E-state index contributed by atoms with van der Waals surface area (Å²) in [5.74, 6) is 2.60. The third kappa shape index (κ3) is 4.66. The van der Waals surface area contributed by atoms with Gasteiger partial charge in [-0.2, -0.15) is 4.98 Å². The van der Waals surface area contributed by atoms with E-state index in [1.165, 1.54) is 32.1 Å². The number of nitrogens with zero attached hydrogens (tertiary/aromatic N) is 4. The quantitative estimate of drug-likeness (QED) is 0.385. The largest absolute Gasteiger partial charge is 0.439 e. The molecule has 1 atom stereocenters. The van der Waals surface area contributed by atoms with Crippen LogP contribution < -0.4 is 10.1 Å². The molecular weight excluding hydrogens is 406 g/mol. The Morgan fingerprint density at radius 2 is 1.84 bits per heavy atom. The molecule has 1 aliphatic carbocycles. The summed E-state index contributed by atoms with van der Waals surface area (Å²) >= 11 is 1.67. The van der Waals surface area contributed by atoms with E-state index in [0.717, 1.165) is 32.6 Å². The Balaban J connectivity index is 1.31. The normalized spacial score (nSPS) is 15.6. The maximum atomic E-state index is 6.03. The standard InChI is InChI=1S/C24H25N5OS/c1-16(17-5-3-2-4-6-17)27-24-28-20-8-7-19(15-21(20)31-24)30-22-11-14-26-23(29-22)18-9-12-25-13-10-18/h7-17H,2-6H2,1H3,(H,27,28)/t16-/m0/s1. The van der Waals surface area contributed by atoms with Crippen LogP contribution in [0.15, 0.2) is 55.0 Å². The molecule has 0 amide bonds. The highest BCUT2D eigenvalue weighted by molar-refractivity contribution is 7.22. The van der Waals surface area contributed by atoms with E-state index in [0.29, 0.717) is 17.7 Å². The third-order valence-corrected chi connectivity index (χ3v) is 6.81. The molecule has 1 aromatic carbocycles. The SMILES string of the molecule is C[C@H](Nc1nc2ccc(Oc3ccnc(-c4ccncc4)n3)cc2s1)C1CCCCC1. The predicted molar refractivity (Wildman–Crippen MR) is 125 cm³/mol. The fourth-order valence-electron chi connectivity index (χ4n) is 4.14. The van der Waals surface area contributed by atoms with Gasteiger partial charge in [0.2, 0.25) is 5.88 Å². The van der Waals surface area contributed by atoms with Gasteiger partial charge in [0.05, 0.1) is 10.2 Å². The van der Waals surface area contributed by atoms with E-state index in [1.54, 1.807) is 36.0 Å². The molecule has 158 valence electrons. The van der Waals surface area contributed by atoms with Gasteiger partial charge < -0.3 is 10.1 Å². The van der Waals surface area contributed by atoms with Crippen LogP contribution in [0.25, 0.3) is 21.6 Å². The molecule has 1 fully saturated rings. The molecule has 1 saturated carbocycles. The Kier molecular flexibility index (Phi) is 5.76. The Morgan fingerprint density at radius 3 is 2.68 bits per heavy atom. The zero-order valence-electron chi connectivity index (χ0n) is 17.5. The first kappa shape index (κ1) is 19.9. The van der Waals surface area contributed by atoms with Crippen LogP contribution in [0.2, 0.25) is 0 Å². The Labute approximate surface area is 185 Å². The molecule has 0 unspecified atom stereocenters. The average molecular weight is 432 g/mol. The Hall–Kier alpha value is -3.06. The van der Waals surface area contributed by atoms with Gasteiger partial charge in [-0.1, -0.05) is 30.6 Å². The van der Waals surface area contributed by atoms with E-state index in [9.17, 15) is 0 Å². The highest BCUT2D eigenvalue weighted by atomic mass is 32.1. The number of benzene rings is 1. The number of thiazole rings is 1. The second-order valence-electron chi connectivity index (χ2n) is 8.04. The molecule has 1 N–H and O–H groups in total. The van der Waals surface area contributed by atoms with Gasteiger partial charge in [-0.05, 0) is 49.9 Å². The molecule has 3 heterocycles. The van der Waals surface area contributed by atoms with Crippen LogP contribution in [-0.4, -0.2) is 26.0 Å². The summed E-state index contributed by atoms with van der Waals surface area (Å²) in [4.78, 5) is 17.7. The lowest BCUT2D eigenvalue weighted by atomic mass is 9.85. The molecular formula is C24H25N5OS. The van der Waals surface area contributed by atoms with Gasteiger partial charge in [-0.3, -0.25) is 4.98 Å². The summed E-state index contributed by atoms with van der Waals surface area (Å²) in [5.41, 5.74) is 1.89. The van der Waals surface area contributed by atoms with Crippen molar-refractivity contribution < 1.29 is 4.74 Å². The average Bonchev–Trinajstić information content (AvgIpc) is 3.22. The third-order valence-electron chi connectivity index (χ3n) is 5.86. The van der Waals surface area contributed by atoms with Crippen LogP contribution in [-0.2, 0) is 0 Å². The molecule has 1 aliphatic rings. The number of pyridine rings is 1. The van der Waals surface area contributed by atoms with Crippen molar-refractivity contribution in [3.05, 3.63) is 55.0 Å². The van der Waals surface area contributed by atoms with Crippen molar-refractivity contribution >= 4 is 26.7 Å². The van der Waals surface area contributed by atoms with Gasteiger partial charge in [0.15, 0.2) is 11.0 Å². The molecule has 6 nitrogen and oxygen atoms in total. The second kappa shape index (κ2) is 8.98. The number of nitrogens with one attached hydrogen (secondary N) is 1. The van der Waals surface area contributed by atoms with Gasteiger partial charge >= 0.3 is 0 Å². The van der Waals surface area contributed by atoms with Gasteiger partial charge in [0.1, 0.15) is 5.75 Å². The first-order valence-electron chi connectivity index (χ1n) is 10.8. The van der Waals surface area contributed by atoms with Crippen LogP contribution in [0, 0.1) is 5.92 Å². The lowest BCUT2D eigenvalue weighted by Gasteiger charge is -2.28. The van der Waals surface area contributed by atoms with Crippen LogP contribution >= 0.6 is 11.3 Å². The predicted octanol–water partition coefficient (Wildman–Crippen LogP) is 6.32. The molecule has 4 aromatic rings. The van der Waals surface area contributed by atoms with Crippen LogP contribution in [0.1, 0.15) is 39.0 Å². The zero-order chi connectivity index (χ0) is 21.0. The maximum Gasteiger partial charge on any atom is 0.222 e. The molecule has 0 radical (unpaired) electrons. The van der Waals surface area contributed by atoms with Gasteiger partial charge in [-0.15, -0.1) is 0 Å². The highest BCUT2D eigenvalue weighted by Gasteiger charge is 2.21. The number of hydrogen-bond donors (Lipinski definition) is 1. The van der Waals surface area contributed by atoms with Crippen molar-refractivity contribution in [3.8, 4) is 23.0 Å². The summed E-state index contributed by atoms with van der Waals surface area (Å²) < 4.78 is 7.12. The lowest BCUT2D eigenvalue weighted by Crippen LogP contribution is -2.27. The summed E-state index contributed by atoms with van der Waals surface area (Å²) in [6.07, 6.45) is 11.9. The van der Waals surface area contributed by atoms with Crippen LogP contribution in [0.3, 0.4) is 0 Å². The van der Waals surface area contributed by atoms with E-state index < -0.39 is 0 Å². The number of aromatic nitrogens is 4. The lowest BCUT2D eigenvalue weighted by molar-refractivity contribution is 0.328. The molecule has 31 heavy (non-hydrogen) atoms. The monoisotopic (exact) mass is 431 g/mol. The second-order valence-corrected chi connectivity index (χ2v) is 9.07. The van der Waals surface area contributed by atoms with E-state index in [2.05, 4.69) is 27.2 Å². The molecule has 7 heteroatoms. The summed E-state index contributed by atoms with van der Waals surface area (Å²) in [6.45, 7) is 2.28. The van der Waals surface area contributed by atoms with Crippen molar-refractivity contribution in [2.45, 2.75) is 45.1 Å². The number of fused-ring (bicyclic) bond motifs is 1. The van der Waals surface area contributed by atoms with Crippen molar-refractivity contribution in [2.75, 3.05) is 5.32 Å². The minimum atomic E-state index is 0.448. The van der Waals surface area contributed by atoms with Crippen LogP contribution in [0.4, 0.5) is 5.13 Å². The minimum Gasteiger partial charge on any atom is -0.439 e. The Bertz CT molecular complexity index is 1160. The Morgan fingerprint density at radius 1 is 1.00 bits per heavy atom. The van der Waals surface area contributed by atoms with Gasteiger partial charge in [0, 0.05) is 42.3 Å². The maximum absolute atomic E-state index is 6.03. The molecule has 5 rings (SSSR count). The van der Waals surface area contributed by atoms with E-state index in [1.807, 2.05) is 30.3 Å². The van der Waals surface area contributed by atoms with E-state index in [4.69, 9.17) is 9.72 Å². The molecule has 3 aromatic heterocycles. The van der Waals surface area contributed by atoms with Crippen molar-refractivity contribution in [2.24, 2.45) is 5.92 Å². The summed E-state index contributed by atoms with van der Waals surface area (Å²) in [5, 5.41) is 4.62. The van der Waals surface area contributed by atoms with Crippen molar-refractivity contribution in [3.63, 3.8) is 0 Å². The molecule has 0 bridgehead atoms. The minimum absolute atomic E-state index is 0.448. The number of rotatable bonds is 6. The summed E-state index contributed by atoms with van der Waals surface area (Å²) in [7, 11) is 0. The zero-order valence-corrected chi connectivity index (χ0v) is 18.3.